The van der Waals surface area contributed by atoms with E-state index in [1.807, 2.05) is 24.3 Å². The van der Waals surface area contributed by atoms with Crippen molar-refractivity contribution in [3.05, 3.63) is 42.1 Å². The molecule has 25 heavy (non-hydrogen) atoms. The molecule has 4 fully saturated rings. The summed E-state index contributed by atoms with van der Waals surface area (Å²) in [5.41, 5.74) is 1.39. The molecular weight excluding hydrogens is 316 g/mol. The van der Waals surface area contributed by atoms with E-state index in [9.17, 15) is 9.59 Å². The van der Waals surface area contributed by atoms with Gasteiger partial charge in [-0.3, -0.25) is 14.7 Å². The molecule has 0 aliphatic carbocycles. The van der Waals surface area contributed by atoms with Gasteiger partial charge in [0, 0.05) is 42.4 Å². The van der Waals surface area contributed by atoms with Gasteiger partial charge in [0.25, 0.3) is 0 Å². The number of carbonyl (C=O) groups excluding carboxylic acids is 2. The average Bonchev–Trinajstić information content (AvgIpc) is 2.61. The van der Waals surface area contributed by atoms with Crippen LogP contribution in [0, 0.1) is 5.92 Å². The second-order valence-corrected chi connectivity index (χ2v) is 7.49. The van der Waals surface area contributed by atoms with Gasteiger partial charge in [-0.2, -0.15) is 0 Å². The number of esters is 1. The van der Waals surface area contributed by atoms with Crippen LogP contribution in [-0.4, -0.2) is 46.4 Å². The van der Waals surface area contributed by atoms with Crippen molar-refractivity contribution in [3.8, 4) is 0 Å². The van der Waals surface area contributed by atoms with Crippen LogP contribution < -0.4 is 0 Å². The Labute approximate surface area is 146 Å². The molecule has 4 aliphatic heterocycles. The minimum absolute atomic E-state index is 0.0557. The fourth-order valence-corrected chi connectivity index (χ4v) is 4.90. The van der Waals surface area contributed by atoms with Crippen LogP contribution in [-0.2, 0) is 9.53 Å². The van der Waals surface area contributed by atoms with E-state index >= 15 is 0 Å². The molecule has 0 spiro atoms. The summed E-state index contributed by atoms with van der Waals surface area (Å²) in [4.78, 5) is 31.3. The topological polar surface area (TPSA) is 59.5 Å². The van der Waals surface area contributed by atoms with Crippen molar-refractivity contribution in [2.75, 3.05) is 6.54 Å². The number of piperidine rings is 4. The predicted octanol–water partition coefficient (Wildman–Crippen LogP) is 2.59. The van der Waals surface area contributed by atoms with Gasteiger partial charge >= 0.3 is 5.97 Å². The highest BCUT2D eigenvalue weighted by molar-refractivity contribution is 6.03. The highest BCUT2D eigenvalue weighted by atomic mass is 16.5. The number of rotatable bonds is 2. The summed E-state index contributed by atoms with van der Waals surface area (Å²) in [6, 6.07) is 10.1. The molecule has 1 aromatic heterocycles. The number of hydrogen-bond acceptors (Lipinski definition) is 5. The normalized spacial score (nSPS) is 33.4. The number of para-hydroxylation sites is 1. The maximum absolute atomic E-state index is 12.7. The van der Waals surface area contributed by atoms with E-state index in [1.165, 1.54) is 0 Å². The van der Waals surface area contributed by atoms with Crippen LogP contribution >= 0.6 is 0 Å². The van der Waals surface area contributed by atoms with Crippen molar-refractivity contribution in [1.29, 1.82) is 0 Å². The first-order chi connectivity index (χ1) is 12.2. The highest BCUT2D eigenvalue weighted by Gasteiger charge is 2.49. The number of fused-ring (bicyclic) bond motifs is 2. The minimum Gasteiger partial charge on any atom is -0.459 e. The Balaban J connectivity index is 1.35. The molecule has 4 saturated heterocycles. The first-order valence-corrected chi connectivity index (χ1v) is 9.02. The Morgan fingerprint density at radius 3 is 2.60 bits per heavy atom. The van der Waals surface area contributed by atoms with Crippen molar-refractivity contribution in [1.82, 2.24) is 9.88 Å². The molecule has 5 heteroatoms. The van der Waals surface area contributed by atoms with Gasteiger partial charge < -0.3 is 4.74 Å². The smallest absolute Gasteiger partial charge is 0.339 e. The minimum atomic E-state index is -0.264. The molecule has 0 amide bonds. The number of carbonyl (C=O) groups is 2. The number of nitrogens with zero attached hydrogens (tertiary/aromatic N) is 2. The van der Waals surface area contributed by atoms with Gasteiger partial charge in [-0.15, -0.1) is 0 Å². The first-order valence-electron chi connectivity index (χ1n) is 9.02. The quantitative estimate of drug-likeness (QED) is 0.789. The second-order valence-electron chi connectivity index (χ2n) is 7.49. The predicted molar refractivity (Wildman–Crippen MR) is 92.2 cm³/mol. The molecule has 4 bridgehead atoms. The van der Waals surface area contributed by atoms with Gasteiger partial charge in [-0.25, -0.2) is 4.79 Å². The van der Waals surface area contributed by atoms with Gasteiger partial charge in [-0.05, 0) is 25.0 Å². The molecule has 0 N–H and O–H groups in total. The number of ether oxygens (including phenoxy) is 1. The number of aromatic nitrogens is 1. The number of pyridine rings is 1. The van der Waals surface area contributed by atoms with Gasteiger partial charge in [0.15, 0.2) is 0 Å². The third-order valence-electron chi connectivity index (χ3n) is 6.06. The molecule has 128 valence electrons. The fraction of sp³-hybridized carbons (Fsp3) is 0.450. The van der Waals surface area contributed by atoms with Crippen LogP contribution in [0.3, 0.4) is 0 Å². The van der Waals surface area contributed by atoms with Crippen LogP contribution in [0.2, 0.25) is 0 Å². The van der Waals surface area contributed by atoms with Crippen LogP contribution in [0.1, 0.15) is 36.0 Å². The third kappa shape index (κ3) is 2.45. The molecule has 0 saturated carbocycles. The summed E-state index contributed by atoms with van der Waals surface area (Å²) in [6.07, 6.45) is 5.15. The lowest BCUT2D eigenvalue weighted by molar-refractivity contribution is -0.145. The van der Waals surface area contributed by atoms with E-state index in [0.717, 1.165) is 36.6 Å². The molecule has 2 atom stereocenters. The van der Waals surface area contributed by atoms with E-state index < -0.39 is 0 Å². The van der Waals surface area contributed by atoms with Crippen LogP contribution in [0.25, 0.3) is 10.9 Å². The molecule has 5 heterocycles. The molecule has 2 aromatic rings. The molecule has 5 nitrogen and oxygen atoms in total. The number of Topliss-reactive ketones (excluding diaryl/α,β-unsaturated/α-hetero) is 1. The zero-order valence-electron chi connectivity index (χ0n) is 13.9. The van der Waals surface area contributed by atoms with Crippen LogP contribution in [0.4, 0.5) is 0 Å². The molecule has 2 unspecified atom stereocenters. The number of ketones is 1. The van der Waals surface area contributed by atoms with Crippen molar-refractivity contribution >= 4 is 22.7 Å². The van der Waals surface area contributed by atoms with E-state index in [-0.39, 0.29) is 18.0 Å². The average molecular weight is 336 g/mol. The van der Waals surface area contributed by atoms with Crippen molar-refractivity contribution < 1.29 is 14.3 Å². The van der Waals surface area contributed by atoms with Gasteiger partial charge in [-0.1, -0.05) is 18.2 Å². The Kier molecular flexibility index (Phi) is 3.38. The standard InChI is InChI=1S/C20H20N2O3/c23-19-11-22-13-7-12(19)8-14(22)10-15(9-13)25-20(24)17-5-6-21-18-4-2-1-3-16(17)18/h1-6,12-15H,7-11H2. The lowest BCUT2D eigenvalue weighted by Gasteiger charge is -2.54. The summed E-state index contributed by atoms with van der Waals surface area (Å²) >= 11 is 0. The van der Waals surface area contributed by atoms with Crippen molar-refractivity contribution in [3.63, 3.8) is 0 Å². The molecule has 4 aliphatic rings. The summed E-state index contributed by atoms with van der Waals surface area (Å²) in [5.74, 6) is 0.367. The van der Waals surface area contributed by atoms with E-state index in [0.29, 0.717) is 30.0 Å². The molecular formula is C20H20N2O3. The Hall–Kier alpha value is -2.27. The Bertz CT molecular complexity index is 844. The maximum atomic E-state index is 12.7. The summed E-state index contributed by atoms with van der Waals surface area (Å²) in [7, 11) is 0. The SMILES string of the molecule is O=C(OC1CC2CC3CC(C1)N2CC3=O)c1ccnc2ccccc12. The molecule has 1 aromatic carbocycles. The zero-order valence-corrected chi connectivity index (χ0v) is 13.9. The van der Waals surface area contributed by atoms with Gasteiger partial charge in [0.1, 0.15) is 11.9 Å². The summed E-state index contributed by atoms with van der Waals surface area (Å²) < 4.78 is 5.88. The molecule has 6 rings (SSSR count). The van der Waals surface area contributed by atoms with Crippen molar-refractivity contribution in [2.45, 2.75) is 43.9 Å². The number of benzene rings is 1. The van der Waals surface area contributed by atoms with Crippen molar-refractivity contribution in [2.24, 2.45) is 5.92 Å². The van der Waals surface area contributed by atoms with Crippen LogP contribution in [0.5, 0.6) is 0 Å². The summed E-state index contributed by atoms with van der Waals surface area (Å²) in [5, 5.41) is 0.833. The van der Waals surface area contributed by atoms with E-state index in [1.54, 1.807) is 12.3 Å². The highest BCUT2D eigenvalue weighted by Crippen LogP contribution is 2.42. The Morgan fingerprint density at radius 1 is 1.08 bits per heavy atom. The largest absolute Gasteiger partial charge is 0.459 e. The van der Waals surface area contributed by atoms with E-state index in [4.69, 9.17) is 4.74 Å². The maximum Gasteiger partial charge on any atom is 0.339 e. The van der Waals surface area contributed by atoms with Crippen LogP contribution in [0.15, 0.2) is 36.5 Å². The lowest BCUT2D eigenvalue weighted by Crippen LogP contribution is -2.63. The van der Waals surface area contributed by atoms with Gasteiger partial charge in [0.2, 0.25) is 0 Å². The van der Waals surface area contributed by atoms with Gasteiger partial charge in [0.05, 0.1) is 17.6 Å². The second kappa shape index (κ2) is 5.63. The number of hydrogen-bond donors (Lipinski definition) is 0. The Morgan fingerprint density at radius 2 is 1.84 bits per heavy atom. The zero-order chi connectivity index (χ0) is 17.0. The summed E-state index contributed by atoms with van der Waals surface area (Å²) in [6.45, 7) is 0.593. The monoisotopic (exact) mass is 336 g/mol. The van der Waals surface area contributed by atoms with E-state index in [2.05, 4.69) is 9.88 Å². The molecule has 0 radical (unpaired) electrons. The lowest BCUT2D eigenvalue weighted by atomic mass is 9.72. The fourth-order valence-electron chi connectivity index (χ4n) is 4.90. The first kappa shape index (κ1) is 15.0. The third-order valence-corrected chi connectivity index (χ3v) is 6.06.